The summed E-state index contributed by atoms with van der Waals surface area (Å²) >= 11 is 0. The van der Waals surface area contributed by atoms with Gasteiger partial charge in [0.15, 0.2) is 0 Å². The first-order chi connectivity index (χ1) is 11.3. The fourth-order valence-corrected chi connectivity index (χ4v) is 7.05. The molecule has 0 amide bonds. The maximum Gasteiger partial charge on any atom is 0.0704 e. The van der Waals surface area contributed by atoms with Gasteiger partial charge in [-0.25, -0.2) is 0 Å². The number of hydrogen-bond acceptors (Lipinski definition) is 2. The van der Waals surface area contributed by atoms with Crippen molar-refractivity contribution in [2.75, 3.05) is 19.8 Å². The molecule has 0 aromatic carbocycles. The molecule has 126 valence electrons. The molecule has 0 aromatic rings. The minimum atomic E-state index is 0.332. The number of allylic oxidation sites excluding steroid dienone is 3. The van der Waals surface area contributed by atoms with E-state index in [2.05, 4.69) is 12.7 Å². The Morgan fingerprint density at radius 3 is 3.00 bits per heavy atom. The molecule has 2 nitrogen and oxygen atoms in total. The molecule has 23 heavy (non-hydrogen) atoms. The summed E-state index contributed by atoms with van der Waals surface area (Å²) in [5.74, 6) is 3.24. The van der Waals surface area contributed by atoms with Gasteiger partial charge in [-0.1, -0.05) is 23.8 Å². The number of fused-ring (bicyclic) bond motifs is 4. The van der Waals surface area contributed by atoms with Crippen molar-refractivity contribution in [2.45, 2.75) is 57.5 Å². The van der Waals surface area contributed by atoms with Crippen LogP contribution in [0.1, 0.15) is 51.4 Å². The smallest absolute Gasteiger partial charge is 0.0704 e. The molecular weight excluding hydrogens is 284 g/mol. The van der Waals surface area contributed by atoms with Gasteiger partial charge in [-0.2, -0.15) is 0 Å². The van der Waals surface area contributed by atoms with Crippen LogP contribution in [0.25, 0.3) is 0 Å². The van der Waals surface area contributed by atoms with E-state index in [4.69, 9.17) is 9.47 Å². The molecule has 1 saturated heterocycles. The normalized spacial score (nSPS) is 49.3. The SMILES string of the molecule is C=C1CCCC2=CC[C@@H]3[C@H](CC[C@]45COCCOC4CC[C@@H]35)[C@@H]12. The van der Waals surface area contributed by atoms with Crippen LogP contribution in [0.15, 0.2) is 23.8 Å². The van der Waals surface area contributed by atoms with Crippen molar-refractivity contribution in [3.8, 4) is 0 Å². The number of rotatable bonds is 0. The summed E-state index contributed by atoms with van der Waals surface area (Å²) in [6.45, 7) is 7.03. The van der Waals surface area contributed by atoms with E-state index < -0.39 is 0 Å². The first-order valence-electron chi connectivity index (χ1n) is 9.85. The van der Waals surface area contributed by atoms with Crippen LogP contribution in [0.2, 0.25) is 0 Å². The van der Waals surface area contributed by atoms with Crippen LogP contribution in [0, 0.1) is 29.1 Å². The zero-order chi connectivity index (χ0) is 15.4. The Kier molecular flexibility index (Phi) is 3.49. The van der Waals surface area contributed by atoms with Gasteiger partial charge in [-0.15, -0.1) is 0 Å². The van der Waals surface area contributed by atoms with Crippen LogP contribution in [-0.4, -0.2) is 25.9 Å². The molecule has 0 N–H and O–H groups in total. The van der Waals surface area contributed by atoms with Gasteiger partial charge in [-0.3, -0.25) is 0 Å². The van der Waals surface area contributed by atoms with Gasteiger partial charge in [0.1, 0.15) is 0 Å². The molecule has 1 aliphatic heterocycles. The minimum Gasteiger partial charge on any atom is -0.378 e. The van der Waals surface area contributed by atoms with Gasteiger partial charge in [-0.05, 0) is 69.1 Å². The van der Waals surface area contributed by atoms with E-state index in [1.807, 2.05) is 0 Å². The van der Waals surface area contributed by atoms with Crippen molar-refractivity contribution in [2.24, 2.45) is 29.1 Å². The lowest BCUT2D eigenvalue weighted by Crippen LogP contribution is -2.50. The summed E-state index contributed by atoms with van der Waals surface area (Å²) in [5.41, 5.74) is 3.61. The van der Waals surface area contributed by atoms with Crippen molar-refractivity contribution in [3.63, 3.8) is 0 Å². The Hall–Kier alpha value is -0.600. The summed E-state index contributed by atoms with van der Waals surface area (Å²) < 4.78 is 12.3. The zero-order valence-electron chi connectivity index (χ0n) is 14.3. The molecule has 0 aromatic heterocycles. The highest BCUT2D eigenvalue weighted by Crippen LogP contribution is 2.62. The molecule has 4 fully saturated rings. The first kappa shape index (κ1) is 14.7. The summed E-state index contributed by atoms with van der Waals surface area (Å²) in [4.78, 5) is 0. The summed E-state index contributed by atoms with van der Waals surface area (Å²) in [6.07, 6.45) is 13.6. The van der Waals surface area contributed by atoms with E-state index in [-0.39, 0.29) is 0 Å². The Labute approximate surface area is 140 Å². The lowest BCUT2D eigenvalue weighted by atomic mass is 9.52. The molecule has 4 aliphatic carbocycles. The van der Waals surface area contributed by atoms with E-state index in [1.54, 1.807) is 5.57 Å². The number of hydrogen-bond donors (Lipinski definition) is 0. The monoisotopic (exact) mass is 314 g/mol. The predicted molar refractivity (Wildman–Crippen MR) is 91.1 cm³/mol. The van der Waals surface area contributed by atoms with E-state index >= 15 is 0 Å². The number of ether oxygens (including phenoxy) is 2. The van der Waals surface area contributed by atoms with Crippen molar-refractivity contribution in [1.82, 2.24) is 0 Å². The van der Waals surface area contributed by atoms with Gasteiger partial charge in [0, 0.05) is 11.3 Å². The third-order valence-electron chi connectivity index (χ3n) is 7.93. The summed E-state index contributed by atoms with van der Waals surface area (Å²) in [5, 5.41) is 0. The average Bonchev–Trinajstić information content (AvgIpc) is 2.82. The highest BCUT2D eigenvalue weighted by Gasteiger charge is 2.59. The van der Waals surface area contributed by atoms with Crippen LogP contribution in [0.3, 0.4) is 0 Å². The van der Waals surface area contributed by atoms with E-state index in [1.165, 1.54) is 56.9 Å². The quantitative estimate of drug-likeness (QED) is 0.612. The fraction of sp³-hybridized carbons (Fsp3) is 0.810. The van der Waals surface area contributed by atoms with E-state index in [9.17, 15) is 0 Å². The van der Waals surface area contributed by atoms with Crippen molar-refractivity contribution in [3.05, 3.63) is 23.8 Å². The minimum absolute atomic E-state index is 0.332. The molecule has 0 radical (unpaired) electrons. The van der Waals surface area contributed by atoms with Gasteiger partial charge in [0.2, 0.25) is 0 Å². The Bertz CT molecular complexity index is 536. The molecule has 6 atom stereocenters. The average molecular weight is 314 g/mol. The van der Waals surface area contributed by atoms with Gasteiger partial charge < -0.3 is 9.47 Å². The van der Waals surface area contributed by atoms with E-state index in [0.29, 0.717) is 17.4 Å². The van der Waals surface area contributed by atoms with Crippen molar-refractivity contribution in [1.29, 1.82) is 0 Å². The second kappa shape index (κ2) is 5.46. The highest BCUT2D eigenvalue weighted by molar-refractivity contribution is 5.29. The van der Waals surface area contributed by atoms with Crippen LogP contribution >= 0.6 is 0 Å². The van der Waals surface area contributed by atoms with Gasteiger partial charge in [0.25, 0.3) is 0 Å². The summed E-state index contributed by atoms with van der Waals surface area (Å²) in [6, 6.07) is 0. The second-order valence-electron chi connectivity index (χ2n) is 8.70. The Balaban J connectivity index is 1.48. The fourth-order valence-electron chi connectivity index (χ4n) is 7.05. The molecular formula is C21H30O2. The Morgan fingerprint density at radius 1 is 1.09 bits per heavy atom. The molecule has 3 saturated carbocycles. The van der Waals surface area contributed by atoms with Crippen LogP contribution < -0.4 is 0 Å². The first-order valence-corrected chi connectivity index (χ1v) is 9.85. The largest absolute Gasteiger partial charge is 0.378 e. The van der Waals surface area contributed by atoms with E-state index in [0.717, 1.165) is 37.6 Å². The molecule has 1 heterocycles. The van der Waals surface area contributed by atoms with Crippen molar-refractivity contribution < 1.29 is 9.47 Å². The second-order valence-corrected chi connectivity index (χ2v) is 8.70. The lowest BCUT2D eigenvalue weighted by molar-refractivity contribution is -0.0863. The van der Waals surface area contributed by atoms with Crippen molar-refractivity contribution >= 4 is 0 Å². The topological polar surface area (TPSA) is 18.5 Å². The molecule has 0 bridgehead atoms. The standard InChI is InChI=1S/C21H30O2/c1-14-3-2-4-15-5-6-16-17(20(14)15)9-10-21-13-22-11-12-23-19(21)8-7-18(16)21/h5,16-20H,1-4,6-13H2/t16-,17+,18+,19?,20+,21-/m1/s1. The molecule has 1 spiro atoms. The predicted octanol–water partition coefficient (Wildman–Crippen LogP) is 4.51. The van der Waals surface area contributed by atoms with Gasteiger partial charge >= 0.3 is 0 Å². The Morgan fingerprint density at radius 2 is 2.04 bits per heavy atom. The van der Waals surface area contributed by atoms with Crippen LogP contribution in [-0.2, 0) is 9.47 Å². The van der Waals surface area contributed by atoms with Crippen LogP contribution in [0.5, 0.6) is 0 Å². The van der Waals surface area contributed by atoms with Gasteiger partial charge in [0.05, 0.1) is 25.9 Å². The highest BCUT2D eigenvalue weighted by atomic mass is 16.5. The summed E-state index contributed by atoms with van der Waals surface area (Å²) in [7, 11) is 0. The lowest BCUT2D eigenvalue weighted by Gasteiger charge is -2.54. The molecule has 5 aliphatic rings. The third-order valence-corrected chi connectivity index (χ3v) is 7.93. The third kappa shape index (κ3) is 2.07. The maximum absolute atomic E-state index is 6.24. The van der Waals surface area contributed by atoms with Crippen LogP contribution in [0.4, 0.5) is 0 Å². The molecule has 5 rings (SSSR count). The maximum atomic E-state index is 6.24. The molecule has 1 unspecified atom stereocenters. The molecule has 2 heteroatoms. The zero-order valence-corrected chi connectivity index (χ0v) is 14.3.